The molecule has 0 radical (unpaired) electrons. The van der Waals surface area contributed by atoms with E-state index in [1.165, 1.54) is 19.3 Å². The molecule has 0 aliphatic rings. The van der Waals surface area contributed by atoms with Crippen LogP contribution in [0.5, 0.6) is 0 Å². The van der Waals surface area contributed by atoms with Crippen LogP contribution in [0.2, 0.25) is 18.1 Å². The van der Waals surface area contributed by atoms with E-state index >= 15 is 0 Å². The van der Waals surface area contributed by atoms with Crippen LogP contribution in [0.3, 0.4) is 0 Å². The highest BCUT2D eigenvalue weighted by Gasteiger charge is 2.39. The lowest BCUT2D eigenvalue weighted by Crippen LogP contribution is -2.46. The normalized spacial score (nSPS) is 16.2. The van der Waals surface area contributed by atoms with Gasteiger partial charge in [0.2, 0.25) is 0 Å². The van der Waals surface area contributed by atoms with Crippen LogP contribution in [-0.2, 0) is 14.0 Å². The Hall–Kier alpha value is -0.913. The van der Waals surface area contributed by atoms with E-state index in [4.69, 9.17) is 4.43 Å². The van der Waals surface area contributed by atoms with E-state index in [9.17, 15) is 9.90 Å². The number of hydrogen-bond acceptors (Lipinski definition) is 4. The minimum atomic E-state index is -2.00. The van der Waals surface area contributed by atoms with Gasteiger partial charge in [-0.1, -0.05) is 26.8 Å². The molecule has 2 atom stereocenters. The predicted molar refractivity (Wildman–Crippen MR) is 79.4 cm³/mol. The Morgan fingerprint density at radius 1 is 1.37 bits per heavy atom. The molecule has 0 rings (SSSR count). The zero-order chi connectivity index (χ0) is 15.3. The molecule has 110 valence electrons. The maximum absolute atomic E-state index is 11.0. The molecule has 5 heteroatoms. The maximum Gasteiger partial charge on any atom is 0.330 e. The topological polar surface area (TPSA) is 55.8 Å². The number of rotatable bonds is 6. The molecule has 4 nitrogen and oxygen atoms in total. The molecule has 0 bridgehead atoms. The summed E-state index contributed by atoms with van der Waals surface area (Å²) in [7, 11) is -0.710. The lowest BCUT2D eigenvalue weighted by Gasteiger charge is -2.39. The van der Waals surface area contributed by atoms with Gasteiger partial charge in [-0.25, -0.2) is 4.79 Å². The fraction of sp³-hybridized carbons (Fsp3) is 0.643. The molecule has 0 aromatic heterocycles. The molecule has 0 fully saturated rings. The maximum atomic E-state index is 11.0. The second-order valence-electron chi connectivity index (χ2n) is 5.95. The SMILES string of the molecule is C=C[C@@H](O[Si](C)(C)C(C)(C)C)[C@H](O)/C=C/C(=O)OC. The first-order chi connectivity index (χ1) is 8.55. The van der Waals surface area contributed by atoms with Crippen molar-refractivity contribution in [2.45, 2.75) is 51.1 Å². The molecule has 0 saturated heterocycles. The van der Waals surface area contributed by atoms with Gasteiger partial charge >= 0.3 is 5.97 Å². The van der Waals surface area contributed by atoms with Crippen molar-refractivity contribution < 1.29 is 19.1 Å². The van der Waals surface area contributed by atoms with Gasteiger partial charge in [-0.05, 0) is 24.2 Å². The standard InChI is InChI=1S/C14H26O4Si/c1-8-12(11(15)9-10-13(16)17-5)18-19(6,7)14(2,3)4/h8-12,15H,1H2,2-7H3/b10-9+/t11-,12-/m1/s1. The molecular formula is C14H26O4Si. The van der Waals surface area contributed by atoms with Crippen LogP contribution in [0.1, 0.15) is 20.8 Å². The summed E-state index contributed by atoms with van der Waals surface area (Å²) in [4.78, 5) is 11.0. The molecule has 0 amide bonds. The number of carbonyl (C=O) groups is 1. The zero-order valence-corrected chi connectivity index (χ0v) is 13.8. The highest BCUT2D eigenvalue weighted by Crippen LogP contribution is 2.37. The van der Waals surface area contributed by atoms with Gasteiger partial charge < -0.3 is 14.3 Å². The van der Waals surface area contributed by atoms with Crippen molar-refractivity contribution >= 4 is 14.3 Å². The van der Waals surface area contributed by atoms with E-state index in [1.807, 2.05) is 0 Å². The summed E-state index contributed by atoms with van der Waals surface area (Å²) in [5.74, 6) is -0.505. The van der Waals surface area contributed by atoms with E-state index < -0.39 is 26.5 Å². The third-order valence-electron chi connectivity index (χ3n) is 3.44. The number of carbonyl (C=O) groups excluding carboxylic acids is 1. The summed E-state index contributed by atoms with van der Waals surface area (Å²) in [5, 5.41) is 10.1. The molecule has 0 heterocycles. The van der Waals surface area contributed by atoms with E-state index in [0.29, 0.717) is 0 Å². The van der Waals surface area contributed by atoms with Crippen LogP contribution < -0.4 is 0 Å². The van der Waals surface area contributed by atoms with Crippen LogP contribution in [-0.4, -0.2) is 38.7 Å². The summed E-state index contributed by atoms with van der Waals surface area (Å²) in [6.45, 7) is 14.2. The largest absolute Gasteiger partial charge is 0.466 e. The minimum absolute atomic E-state index is 0.0417. The fourth-order valence-electron chi connectivity index (χ4n) is 1.13. The van der Waals surface area contributed by atoms with E-state index in [2.05, 4.69) is 45.2 Å². The summed E-state index contributed by atoms with van der Waals surface area (Å²) in [6, 6.07) is 0. The molecule has 0 aliphatic heterocycles. The van der Waals surface area contributed by atoms with Gasteiger partial charge in [0.05, 0.1) is 13.2 Å². The Labute approximate surface area is 117 Å². The molecule has 0 unspecified atom stereocenters. The highest BCUT2D eigenvalue weighted by atomic mass is 28.4. The number of aliphatic hydroxyl groups is 1. The Balaban J connectivity index is 4.81. The Morgan fingerprint density at radius 2 is 1.89 bits per heavy atom. The van der Waals surface area contributed by atoms with Crippen LogP contribution in [0, 0.1) is 0 Å². The molecule has 1 N–H and O–H groups in total. The third-order valence-corrected chi connectivity index (χ3v) is 7.91. The van der Waals surface area contributed by atoms with Crippen molar-refractivity contribution in [2.24, 2.45) is 0 Å². The van der Waals surface area contributed by atoms with Crippen LogP contribution in [0.15, 0.2) is 24.8 Å². The zero-order valence-electron chi connectivity index (χ0n) is 12.8. The molecule has 0 aromatic carbocycles. The average Bonchev–Trinajstić information content (AvgIpc) is 2.30. The Kier molecular flexibility index (Phi) is 6.69. The second-order valence-corrected chi connectivity index (χ2v) is 10.7. The first-order valence-electron chi connectivity index (χ1n) is 6.29. The first kappa shape index (κ1) is 18.1. The molecular weight excluding hydrogens is 260 g/mol. The highest BCUT2D eigenvalue weighted by molar-refractivity contribution is 6.74. The van der Waals surface area contributed by atoms with Crippen LogP contribution in [0.25, 0.3) is 0 Å². The van der Waals surface area contributed by atoms with Crippen molar-refractivity contribution in [1.29, 1.82) is 0 Å². The van der Waals surface area contributed by atoms with Crippen molar-refractivity contribution in [1.82, 2.24) is 0 Å². The quantitative estimate of drug-likeness (QED) is 0.353. The second kappa shape index (κ2) is 7.03. The molecule has 0 aliphatic carbocycles. The van der Waals surface area contributed by atoms with E-state index in [1.54, 1.807) is 6.08 Å². The molecule has 19 heavy (non-hydrogen) atoms. The summed E-state index contributed by atoms with van der Waals surface area (Å²) in [5.41, 5.74) is 0. The molecule has 0 saturated carbocycles. The van der Waals surface area contributed by atoms with Gasteiger partial charge in [0.1, 0.15) is 6.10 Å². The van der Waals surface area contributed by atoms with Crippen molar-refractivity contribution in [3.8, 4) is 0 Å². The lowest BCUT2D eigenvalue weighted by atomic mass is 10.2. The summed E-state index contributed by atoms with van der Waals surface area (Å²) in [6.07, 6.45) is 2.68. The number of ether oxygens (including phenoxy) is 1. The van der Waals surface area contributed by atoms with Crippen molar-refractivity contribution in [3.05, 3.63) is 24.8 Å². The smallest absolute Gasteiger partial charge is 0.330 e. The van der Waals surface area contributed by atoms with Crippen molar-refractivity contribution in [2.75, 3.05) is 7.11 Å². The predicted octanol–water partition coefficient (Wildman–Crippen LogP) is 2.65. The van der Waals surface area contributed by atoms with E-state index in [0.717, 1.165) is 0 Å². The Morgan fingerprint density at radius 3 is 2.26 bits per heavy atom. The van der Waals surface area contributed by atoms with Gasteiger partial charge in [0.25, 0.3) is 0 Å². The lowest BCUT2D eigenvalue weighted by molar-refractivity contribution is -0.134. The first-order valence-corrected chi connectivity index (χ1v) is 9.20. The van der Waals surface area contributed by atoms with Gasteiger partial charge in [-0.15, -0.1) is 6.58 Å². The van der Waals surface area contributed by atoms with Crippen LogP contribution >= 0.6 is 0 Å². The molecule has 0 spiro atoms. The fourth-order valence-corrected chi connectivity index (χ4v) is 2.40. The van der Waals surface area contributed by atoms with Gasteiger partial charge in [0.15, 0.2) is 8.32 Å². The van der Waals surface area contributed by atoms with E-state index in [-0.39, 0.29) is 5.04 Å². The van der Waals surface area contributed by atoms with Gasteiger partial charge in [-0.2, -0.15) is 0 Å². The van der Waals surface area contributed by atoms with Gasteiger partial charge in [0, 0.05) is 6.08 Å². The third kappa shape index (κ3) is 5.72. The average molecular weight is 286 g/mol. The number of hydrogen-bond donors (Lipinski definition) is 1. The van der Waals surface area contributed by atoms with Crippen LogP contribution in [0.4, 0.5) is 0 Å². The summed E-state index contributed by atoms with van der Waals surface area (Å²) < 4.78 is 10.5. The minimum Gasteiger partial charge on any atom is -0.466 e. The van der Waals surface area contributed by atoms with Crippen molar-refractivity contribution in [3.63, 3.8) is 0 Å². The molecule has 0 aromatic rings. The van der Waals surface area contributed by atoms with Gasteiger partial charge in [-0.3, -0.25) is 0 Å². The number of methoxy groups -OCH3 is 1. The monoisotopic (exact) mass is 286 g/mol. The number of esters is 1. The summed E-state index contributed by atoms with van der Waals surface area (Å²) >= 11 is 0. The number of aliphatic hydroxyl groups excluding tert-OH is 1. The Bertz CT molecular complexity index is 342.